The van der Waals surface area contributed by atoms with Crippen molar-refractivity contribution in [2.45, 2.75) is 13.1 Å². The van der Waals surface area contributed by atoms with E-state index in [1.165, 1.54) is 0 Å². The van der Waals surface area contributed by atoms with Crippen molar-refractivity contribution in [3.63, 3.8) is 0 Å². The van der Waals surface area contributed by atoms with Gasteiger partial charge in [-0.25, -0.2) is 15.0 Å². The number of fused-ring (bicyclic) bond motifs is 1. The predicted octanol–water partition coefficient (Wildman–Crippen LogP) is 3.93. The number of rotatable bonds is 8. The number of carbonyl (C=O) groups is 2. The minimum Gasteiger partial charge on any atom is -0.340 e. The zero-order valence-electron chi connectivity index (χ0n) is 20.4. The molecule has 5 rings (SSSR count). The molecule has 3 aromatic carbocycles. The number of nitrogens with one attached hydrogen (secondary N) is 1. The minimum absolute atomic E-state index is 0.125. The van der Waals surface area contributed by atoms with Crippen molar-refractivity contribution in [1.82, 2.24) is 29.7 Å². The summed E-state index contributed by atoms with van der Waals surface area (Å²) in [5.41, 5.74) is 4.52. The molecule has 184 valence electrons. The number of amides is 2. The summed E-state index contributed by atoms with van der Waals surface area (Å²) in [6, 6.07) is 27.1. The number of hydrogen-bond donors (Lipinski definition) is 1. The maximum atomic E-state index is 13.1. The Hall–Kier alpha value is -4.85. The van der Waals surface area contributed by atoms with Gasteiger partial charge in [0.25, 0.3) is 5.91 Å². The Kier molecular flexibility index (Phi) is 6.98. The van der Waals surface area contributed by atoms with Crippen molar-refractivity contribution >= 4 is 22.8 Å². The SMILES string of the molecule is CN(Cc1ccc(-c2ncccn2)cc1)C(=O)CNC(=O)c1nc2ccccc2n1Cc1ccccc1. The Bertz CT molecular complexity index is 1520. The minimum atomic E-state index is -0.388. The quantitative estimate of drug-likeness (QED) is 0.356. The molecule has 0 fully saturated rings. The van der Waals surface area contributed by atoms with Crippen LogP contribution in [0, 0.1) is 0 Å². The van der Waals surface area contributed by atoms with Gasteiger partial charge in [-0.05, 0) is 29.3 Å². The maximum absolute atomic E-state index is 13.1. The van der Waals surface area contributed by atoms with Crippen molar-refractivity contribution in [2.75, 3.05) is 13.6 Å². The van der Waals surface area contributed by atoms with Gasteiger partial charge in [0.15, 0.2) is 11.6 Å². The Morgan fingerprint density at radius 1 is 0.838 bits per heavy atom. The summed E-state index contributed by atoms with van der Waals surface area (Å²) >= 11 is 0. The van der Waals surface area contributed by atoms with Crippen LogP contribution in [-0.2, 0) is 17.9 Å². The molecular formula is C29H26N6O2. The molecule has 0 aliphatic carbocycles. The number of nitrogens with zero attached hydrogens (tertiary/aromatic N) is 5. The van der Waals surface area contributed by atoms with E-state index in [1.54, 1.807) is 30.4 Å². The third-order valence-corrected chi connectivity index (χ3v) is 6.06. The molecule has 0 unspecified atom stereocenters. The number of imidazole rings is 1. The molecule has 0 aliphatic heterocycles. The van der Waals surface area contributed by atoms with Crippen molar-refractivity contribution in [2.24, 2.45) is 0 Å². The van der Waals surface area contributed by atoms with Crippen LogP contribution in [0.15, 0.2) is 97.3 Å². The number of aromatic nitrogens is 4. The first-order chi connectivity index (χ1) is 18.1. The average Bonchev–Trinajstić information content (AvgIpc) is 3.31. The van der Waals surface area contributed by atoms with E-state index in [9.17, 15) is 9.59 Å². The molecule has 0 radical (unpaired) electrons. The van der Waals surface area contributed by atoms with Gasteiger partial charge in [0.2, 0.25) is 5.91 Å². The van der Waals surface area contributed by atoms with Crippen molar-refractivity contribution < 1.29 is 9.59 Å². The van der Waals surface area contributed by atoms with Gasteiger partial charge in [-0.3, -0.25) is 9.59 Å². The van der Waals surface area contributed by atoms with E-state index in [1.807, 2.05) is 83.4 Å². The zero-order valence-corrected chi connectivity index (χ0v) is 20.4. The lowest BCUT2D eigenvalue weighted by molar-refractivity contribution is -0.129. The summed E-state index contributed by atoms with van der Waals surface area (Å²) in [7, 11) is 1.72. The van der Waals surface area contributed by atoms with E-state index >= 15 is 0 Å². The van der Waals surface area contributed by atoms with Crippen molar-refractivity contribution in [3.8, 4) is 11.4 Å². The molecule has 8 heteroatoms. The van der Waals surface area contributed by atoms with Gasteiger partial charge in [-0.15, -0.1) is 0 Å². The summed E-state index contributed by atoms with van der Waals surface area (Å²) < 4.78 is 1.88. The lowest BCUT2D eigenvalue weighted by Gasteiger charge is -2.18. The molecule has 2 heterocycles. The van der Waals surface area contributed by atoms with Gasteiger partial charge in [0.1, 0.15) is 0 Å². The summed E-state index contributed by atoms with van der Waals surface area (Å²) in [6.07, 6.45) is 3.40. The summed E-state index contributed by atoms with van der Waals surface area (Å²) in [6.45, 7) is 0.791. The van der Waals surface area contributed by atoms with E-state index in [-0.39, 0.29) is 24.2 Å². The van der Waals surface area contributed by atoms with Crippen LogP contribution < -0.4 is 5.32 Å². The van der Waals surface area contributed by atoms with Crippen LogP contribution in [0.4, 0.5) is 0 Å². The smallest absolute Gasteiger partial charge is 0.287 e. The number of carbonyl (C=O) groups excluding carboxylic acids is 2. The second kappa shape index (κ2) is 10.8. The highest BCUT2D eigenvalue weighted by Gasteiger charge is 2.19. The molecule has 37 heavy (non-hydrogen) atoms. The molecule has 2 amide bonds. The van der Waals surface area contributed by atoms with Crippen LogP contribution in [0.3, 0.4) is 0 Å². The van der Waals surface area contributed by atoms with Gasteiger partial charge in [0.05, 0.1) is 17.6 Å². The van der Waals surface area contributed by atoms with Crippen molar-refractivity contribution in [3.05, 3.63) is 114 Å². The molecule has 0 atom stereocenters. The van der Waals surface area contributed by atoms with Gasteiger partial charge in [0, 0.05) is 38.1 Å². The van der Waals surface area contributed by atoms with Gasteiger partial charge in [-0.2, -0.15) is 0 Å². The highest BCUT2D eigenvalue weighted by Crippen LogP contribution is 2.18. The van der Waals surface area contributed by atoms with Crippen LogP contribution in [0.2, 0.25) is 0 Å². The standard InChI is InChI=1S/C29H26N6O2/c1-34(19-22-12-14-23(15-13-22)27-30-16-7-17-31-27)26(36)18-32-29(37)28-33-24-10-5-6-11-25(24)35(28)20-21-8-3-2-4-9-21/h2-17H,18-20H2,1H3,(H,32,37). The fraction of sp³-hybridized carbons (Fsp3) is 0.138. The monoisotopic (exact) mass is 490 g/mol. The Morgan fingerprint density at radius 3 is 2.30 bits per heavy atom. The molecule has 2 aromatic heterocycles. The summed E-state index contributed by atoms with van der Waals surface area (Å²) in [5, 5.41) is 2.75. The average molecular weight is 491 g/mol. The fourth-order valence-corrected chi connectivity index (χ4v) is 4.11. The molecule has 5 aromatic rings. The Labute approximate surface area is 214 Å². The van der Waals surface area contributed by atoms with Crippen LogP contribution in [0.25, 0.3) is 22.4 Å². The number of benzene rings is 3. The van der Waals surface area contributed by atoms with E-state index in [4.69, 9.17) is 0 Å². The molecule has 0 aliphatic rings. The van der Waals surface area contributed by atoms with E-state index in [0.717, 1.165) is 27.7 Å². The first kappa shape index (κ1) is 23.9. The first-order valence-corrected chi connectivity index (χ1v) is 12.0. The fourth-order valence-electron chi connectivity index (χ4n) is 4.11. The summed E-state index contributed by atoms with van der Waals surface area (Å²) in [5.74, 6) is 0.342. The number of para-hydroxylation sites is 2. The lowest BCUT2D eigenvalue weighted by atomic mass is 10.1. The highest BCUT2D eigenvalue weighted by molar-refractivity contribution is 5.96. The highest BCUT2D eigenvalue weighted by atomic mass is 16.2. The van der Waals surface area contributed by atoms with Crippen molar-refractivity contribution in [1.29, 1.82) is 0 Å². The Balaban J connectivity index is 1.23. The van der Waals surface area contributed by atoms with Crippen LogP contribution in [0.1, 0.15) is 21.7 Å². The van der Waals surface area contributed by atoms with E-state index < -0.39 is 0 Å². The molecule has 1 N–H and O–H groups in total. The van der Waals surface area contributed by atoms with E-state index in [2.05, 4.69) is 20.3 Å². The first-order valence-electron chi connectivity index (χ1n) is 12.0. The molecule has 0 bridgehead atoms. The second-order valence-corrected chi connectivity index (χ2v) is 8.70. The predicted molar refractivity (Wildman–Crippen MR) is 142 cm³/mol. The lowest BCUT2D eigenvalue weighted by Crippen LogP contribution is -2.38. The summed E-state index contributed by atoms with van der Waals surface area (Å²) in [4.78, 5) is 40.5. The topological polar surface area (TPSA) is 93.0 Å². The third-order valence-electron chi connectivity index (χ3n) is 6.06. The van der Waals surface area contributed by atoms with Gasteiger partial charge < -0.3 is 14.8 Å². The van der Waals surface area contributed by atoms with E-state index in [0.29, 0.717) is 18.9 Å². The maximum Gasteiger partial charge on any atom is 0.287 e. The number of hydrogen-bond acceptors (Lipinski definition) is 5. The normalized spacial score (nSPS) is 10.8. The van der Waals surface area contributed by atoms with Crippen LogP contribution in [-0.4, -0.2) is 49.8 Å². The third kappa shape index (κ3) is 5.54. The van der Waals surface area contributed by atoms with Crippen LogP contribution >= 0.6 is 0 Å². The molecular weight excluding hydrogens is 464 g/mol. The van der Waals surface area contributed by atoms with Gasteiger partial charge in [-0.1, -0.05) is 66.7 Å². The zero-order chi connectivity index (χ0) is 25.6. The van der Waals surface area contributed by atoms with Gasteiger partial charge >= 0.3 is 0 Å². The van der Waals surface area contributed by atoms with Crippen LogP contribution in [0.5, 0.6) is 0 Å². The largest absolute Gasteiger partial charge is 0.340 e. The Morgan fingerprint density at radius 2 is 1.54 bits per heavy atom. The molecule has 0 saturated carbocycles. The number of likely N-dealkylation sites (N-methyl/N-ethyl adjacent to an activating group) is 1. The molecule has 8 nitrogen and oxygen atoms in total. The second-order valence-electron chi connectivity index (χ2n) is 8.70. The molecule has 0 saturated heterocycles. The molecule has 0 spiro atoms.